The van der Waals surface area contributed by atoms with Gasteiger partial charge in [0.25, 0.3) is 0 Å². The van der Waals surface area contributed by atoms with E-state index in [-0.39, 0.29) is 6.61 Å². The summed E-state index contributed by atoms with van der Waals surface area (Å²) >= 11 is 6.26. The number of methoxy groups -OCH3 is 1. The number of rotatable bonds is 8. The van der Waals surface area contributed by atoms with Gasteiger partial charge in [0, 0.05) is 6.08 Å². The number of hydrogen-bond acceptors (Lipinski definition) is 4. The molecule has 0 heterocycles. The Kier molecular flexibility index (Phi) is 7.13. The fraction of sp³-hybridized carbons (Fsp3) is 0.286. The second-order valence-electron chi connectivity index (χ2n) is 6.11. The van der Waals surface area contributed by atoms with Crippen LogP contribution >= 0.6 is 11.6 Å². The lowest BCUT2D eigenvalue weighted by Crippen LogP contribution is -2.11. The molecule has 1 N–H and O–H groups in total. The summed E-state index contributed by atoms with van der Waals surface area (Å²) in [4.78, 5) is 10.6. The van der Waals surface area contributed by atoms with Gasteiger partial charge in [-0.1, -0.05) is 17.7 Å². The first-order valence-electron chi connectivity index (χ1n) is 8.43. The molecule has 0 atom stereocenters. The van der Waals surface area contributed by atoms with Gasteiger partial charge < -0.3 is 19.3 Å². The largest absolute Gasteiger partial charge is 0.493 e. The van der Waals surface area contributed by atoms with E-state index in [0.717, 1.165) is 23.0 Å². The van der Waals surface area contributed by atoms with Gasteiger partial charge in [-0.15, -0.1) is 0 Å². The van der Waals surface area contributed by atoms with Crippen LogP contribution in [0.15, 0.2) is 30.3 Å². The van der Waals surface area contributed by atoms with E-state index in [0.29, 0.717) is 28.7 Å². The van der Waals surface area contributed by atoms with Crippen molar-refractivity contribution in [3.8, 4) is 17.2 Å². The standard InChI is InChI=1S/C21H23ClO5/c1-13-9-14(2)15(3)18(10-13)26-7-8-27-21-17(22)11-16(5-6-20(23)24)12-19(21)25-4/h5-6,9-12H,7-8H2,1-4H3,(H,23,24). The molecule has 5 nitrogen and oxygen atoms in total. The maximum atomic E-state index is 10.6. The number of carboxylic acids is 1. The second-order valence-corrected chi connectivity index (χ2v) is 6.51. The zero-order valence-electron chi connectivity index (χ0n) is 15.8. The molecule has 0 aliphatic heterocycles. The highest BCUT2D eigenvalue weighted by molar-refractivity contribution is 6.32. The fourth-order valence-electron chi connectivity index (χ4n) is 2.59. The van der Waals surface area contributed by atoms with E-state index in [4.69, 9.17) is 30.9 Å². The predicted octanol–water partition coefficient (Wildman–Crippen LogP) is 4.83. The molecule has 0 aliphatic carbocycles. The third-order valence-corrected chi connectivity index (χ3v) is 4.30. The van der Waals surface area contributed by atoms with E-state index in [2.05, 4.69) is 13.0 Å². The smallest absolute Gasteiger partial charge is 0.328 e. The Bertz CT molecular complexity index is 858. The first-order chi connectivity index (χ1) is 12.8. The number of carbonyl (C=O) groups is 1. The minimum Gasteiger partial charge on any atom is -0.493 e. The van der Waals surface area contributed by atoms with E-state index < -0.39 is 5.97 Å². The first kappa shape index (κ1) is 20.6. The number of carboxylic acid groups (broad SMARTS) is 1. The van der Waals surface area contributed by atoms with Gasteiger partial charge in [-0.3, -0.25) is 0 Å². The monoisotopic (exact) mass is 390 g/mol. The minimum atomic E-state index is -1.04. The molecule has 2 rings (SSSR count). The maximum Gasteiger partial charge on any atom is 0.328 e. The zero-order chi connectivity index (χ0) is 20.0. The van der Waals surface area contributed by atoms with Crippen molar-refractivity contribution in [1.82, 2.24) is 0 Å². The second kappa shape index (κ2) is 9.33. The minimum absolute atomic E-state index is 0.285. The Morgan fingerprint density at radius 3 is 2.44 bits per heavy atom. The van der Waals surface area contributed by atoms with Gasteiger partial charge in [0.2, 0.25) is 0 Å². The molecule has 0 saturated heterocycles. The molecule has 2 aromatic carbocycles. The van der Waals surface area contributed by atoms with Gasteiger partial charge in [-0.05, 0) is 67.3 Å². The van der Waals surface area contributed by atoms with Crippen molar-refractivity contribution in [3.05, 3.63) is 57.6 Å². The molecule has 0 unspecified atom stereocenters. The predicted molar refractivity (Wildman–Crippen MR) is 106 cm³/mol. The van der Waals surface area contributed by atoms with E-state index >= 15 is 0 Å². The summed E-state index contributed by atoms with van der Waals surface area (Å²) in [6, 6.07) is 7.40. The van der Waals surface area contributed by atoms with Crippen molar-refractivity contribution < 1.29 is 24.1 Å². The van der Waals surface area contributed by atoms with Crippen molar-refractivity contribution in [2.24, 2.45) is 0 Å². The molecule has 6 heteroatoms. The van der Waals surface area contributed by atoms with E-state index in [1.54, 1.807) is 12.1 Å². The first-order valence-corrected chi connectivity index (χ1v) is 8.81. The van der Waals surface area contributed by atoms with Gasteiger partial charge in [0.15, 0.2) is 11.5 Å². The summed E-state index contributed by atoms with van der Waals surface area (Å²) in [7, 11) is 1.50. The van der Waals surface area contributed by atoms with Crippen LogP contribution < -0.4 is 14.2 Å². The highest BCUT2D eigenvalue weighted by Crippen LogP contribution is 2.36. The Hall–Kier alpha value is -2.66. The molecule has 0 spiro atoms. The van der Waals surface area contributed by atoms with Crippen LogP contribution in [-0.4, -0.2) is 31.4 Å². The molecule has 0 aromatic heterocycles. The molecule has 0 radical (unpaired) electrons. The Morgan fingerprint density at radius 1 is 1.07 bits per heavy atom. The Morgan fingerprint density at radius 2 is 1.78 bits per heavy atom. The number of hydrogen-bond donors (Lipinski definition) is 1. The summed E-state index contributed by atoms with van der Waals surface area (Å²) in [5.41, 5.74) is 4.03. The summed E-state index contributed by atoms with van der Waals surface area (Å²) in [5.74, 6) is 0.620. The van der Waals surface area contributed by atoms with Gasteiger partial charge in [0.1, 0.15) is 19.0 Å². The van der Waals surface area contributed by atoms with Crippen LogP contribution in [0.5, 0.6) is 17.2 Å². The van der Waals surface area contributed by atoms with Crippen LogP contribution in [0.4, 0.5) is 0 Å². The number of benzene rings is 2. The number of aryl methyl sites for hydroxylation is 2. The molecule has 144 valence electrons. The highest BCUT2D eigenvalue weighted by atomic mass is 35.5. The van der Waals surface area contributed by atoms with Crippen molar-refractivity contribution >= 4 is 23.6 Å². The van der Waals surface area contributed by atoms with Crippen LogP contribution in [0, 0.1) is 20.8 Å². The van der Waals surface area contributed by atoms with E-state index in [9.17, 15) is 4.79 Å². The van der Waals surface area contributed by atoms with Crippen LogP contribution in [0.25, 0.3) is 6.08 Å². The summed E-state index contributed by atoms with van der Waals surface area (Å²) in [6.45, 7) is 6.74. The van der Waals surface area contributed by atoms with Crippen LogP contribution in [-0.2, 0) is 4.79 Å². The average molecular weight is 391 g/mol. The normalized spacial score (nSPS) is 10.9. The van der Waals surface area contributed by atoms with Crippen molar-refractivity contribution in [3.63, 3.8) is 0 Å². The molecule has 27 heavy (non-hydrogen) atoms. The fourth-order valence-corrected chi connectivity index (χ4v) is 2.86. The molecule has 0 aliphatic rings. The lowest BCUT2D eigenvalue weighted by atomic mass is 10.1. The van der Waals surface area contributed by atoms with Crippen molar-refractivity contribution in [1.29, 1.82) is 0 Å². The van der Waals surface area contributed by atoms with Crippen LogP contribution in [0.2, 0.25) is 5.02 Å². The zero-order valence-corrected chi connectivity index (χ0v) is 16.6. The molecule has 0 saturated carbocycles. The lowest BCUT2D eigenvalue weighted by Gasteiger charge is -2.15. The van der Waals surface area contributed by atoms with Crippen molar-refractivity contribution in [2.75, 3.05) is 20.3 Å². The lowest BCUT2D eigenvalue weighted by molar-refractivity contribution is -0.131. The van der Waals surface area contributed by atoms with Gasteiger partial charge in [0.05, 0.1) is 12.1 Å². The van der Waals surface area contributed by atoms with Crippen LogP contribution in [0.3, 0.4) is 0 Å². The average Bonchev–Trinajstić information content (AvgIpc) is 2.61. The molecule has 0 bridgehead atoms. The van der Waals surface area contributed by atoms with Gasteiger partial charge in [-0.2, -0.15) is 0 Å². The van der Waals surface area contributed by atoms with E-state index in [1.807, 2.05) is 19.9 Å². The van der Waals surface area contributed by atoms with Crippen molar-refractivity contribution in [2.45, 2.75) is 20.8 Å². The van der Waals surface area contributed by atoms with Crippen LogP contribution in [0.1, 0.15) is 22.3 Å². The van der Waals surface area contributed by atoms with Gasteiger partial charge >= 0.3 is 5.97 Å². The summed E-state index contributed by atoms with van der Waals surface area (Å²) < 4.78 is 16.9. The third kappa shape index (κ3) is 5.66. The third-order valence-electron chi connectivity index (χ3n) is 4.02. The highest BCUT2D eigenvalue weighted by Gasteiger charge is 2.12. The number of aliphatic carboxylic acids is 1. The Balaban J connectivity index is 2.04. The Labute approximate surface area is 164 Å². The topological polar surface area (TPSA) is 65.0 Å². The summed E-state index contributed by atoms with van der Waals surface area (Å²) in [6.07, 6.45) is 2.47. The van der Waals surface area contributed by atoms with Gasteiger partial charge in [-0.25, -0.2) is 4.79 Å². The quantitative estimate of drug-likeness (QED) is 0.516. The van der Waals surface area contributed by atoms with E-state index in [1.165, 1.54) is 18.7 Å². The molecule has 2 aromatic rings. The summed E-state index contributed by atoms with van der Waals surface area (Å²) in [5, 5.41) is 9.06. The molecular formula is C21H23ClO5. The molecule has 0 fully saturated rings. The SMILES string of the molecule is COc1cc(C=CC(=O)O)cc(Cl)c1OCCOc1cc(C)cc(C)c1C. The number of ether oxygens (including phenoxy) is 3. The number of halogens is 1. The molecular weight excluding hydrogens is 368 g/mol. The molecule has 0 amide bonds. The maximum absolute atomic E-state index is 10.6.